The Morgan fingerprint density at radius 3 is 2.38 bits per heavy atom. The number of nitrogens with two attached hydrogens (primary N) is 1. The number of benzene rings is 1. The van der Waals surface area contributed by atoms with E-state index in [-0.39, 0.29) is 18.0 Å². The Hall–Kier alpha value is -1.79. The Kier molecular flexibility index (Phi) is 6.98. The lowest BCUT2D eigenvalue weighted by Gasteiger charge is -2.30. The molecule has 0 heterocycles. The second-order valence-electron chi connectivity index (χ2n) is 4.93. The highest BCUT2D eigenvalue weighted by Crippen LogP contribution is 2.14. The van der Waals surface area contributed by atoms with Crippen LogP contribution in [0.4, 0.5) is 0 Å². The first-order valence-electron chi connectivity index (χ1n) is 7.17. The molecule has 0 fully saturated rings. The van der Waals surface area contributed by atoms with Crippen LogP contribution in [0.5, 0.6) is 5.75 Å². The van der Waals surface area contributed by atoms with Gasteiger partial charge in [-0.25, -0.2) is 0 Å². The summed E-state index contributed by atoms with van der Waals surface area (Å²) in [4.78, 5) is 0. The lowest BCUT2D eigenvalue weighted by molar-refractivity contribution is 0.144. The summed E-state index contributed by atoms with van der Waals surface area (Å²) in [5.74, 6) is 0.788. The molecule has 21 heavy (non-hydrogen) atoms. The molecule has 118 valence electrons. The number of ether oxygens (including phenoxy) is 1. The third kappa shape index (κ3) is 4.91. The highest BCUT2D eigenvalue weighted by Gasteiger charge is 2.23. The number of hydrogen-bond donors (Lipinski definition) is 4. The first kappa shape index (κ1) is 17.3. The summed E-state index contributed by atoms with van der Waals surface area (Å²) in [5, 5.41) is 24.3. The van der Waals surface area contributed by atoms with Gasteiger partial charge in [0.2, 0.25) is 0 Å². The SMILES string of the molecule is CCC(CC)(CO)NCCOc1ccc(C(N)=NO)cc1. The first-order chi connectivity index (χ1) is 10.1. The zero-order chi connectivity index (χ0) is 15.7. The smallest absolute Gasteiger partial charge is 0.170 e. The molecule has 6 heteroatoms. The second-order valence-corrected chi connectivity index (χ2v) is 4.93. The van der Waals surface area contributed by atoms with Crippen LogP contribution in [0.25, 0.3) is 0 Å². The van der Waals surface area contributed by atoms with Crippen molar-refractivity contribution in [2.75, 3.05) is 19.8 Å². The highest BCUT2D eigenvalue weighted by molar-refractivity contribution is 5.97. The summed E-state index contributed by atoms with van der Waals surface area (Å²) in [6.07, 6.45) is 1.74. The van der Waals surface area contributed by atoms with Crippen molar-refractivity contribution in [1.29, 1.82) is 0 Å². The Labute approximate surface area is 125 Å². The van der Waals surface area contributed by atoms with Gasteiger partial charge in [0, 0.05) is 17.6 Å². The van der Waals surface area contributed by atoms with Crippen LogP contribution < -0.4 is 15.8 Å². The fourth-order valence-electron chi connectivity index (χ4n) is 2.04. The molecule has 1 aromatic rings. The molecule has 0 atom stereocenters. The van der Waals surface area contributed by atoms with Crippen LogP contribution in [0.2, 0.25) is 0 Å². The fourth-order valence-corrected chi connectivity index (χ4v) is 2.04. The zero-order valence-electron chi connectivity index (χ0n) is 12.7. The molecule has 0 aliphatic carbocycles. The molecule has 0 saturated carbocycles. The molecule has 0 spiro atoms. The van der Waals surface area contributed by atoms with E-state index in [0.29, 0.717) is 24.5 Å². The first-order valence-corrected chi connectivity index (χ1v) is 7.17. The number of aliphatic hydroxyl groups is 1. The van der Waals surface area contributed by atoms with Gasteiger partial charge in [0.25, 0.3) is 0 Å². The van der Waals surface area contributed by atoms with Gasteiger partial charge in [-0.15, -0.1) is 0 Å². The van der Waals surface area contributed by atoms with Crippen molar-refractivity contribution in [1.82, 2.24) is 5.32 Å². The van der Waals surface area contributed by atoms with E-state index in [1.54, 1.807) is 24.3 Å². The molecule has 0 radical (unpaired) electrons. The molecule has 5 N–H and O–H groups in total. The minimum absolute atomic E-state index is 0.0711. The number of aliphatic hydroxyl groups excluding tert-OH is 1. The van der Waals surface area contributed by atoms with Crippen LogP contribution in [0.3, 0.4) is 0 Å². The number of rotatable bonds is 9. The van der Waals surface area contributed by atoms with Gasteiger partial charge >= 0.3 is 0 Å². The van der Waals surface area contributed by atoms with Crippen LogP contribution in [-0.2, 0) is 0 Å². The van der Waals surface area contributed by atoms with Crippen LogP contribution >= 0.6 is 0 Å². The van der Waals surface area contributed by atoms with E-state index < -0.39 is 0 Å². The van der Waals surface area contributed by atoms with Crippen molar-refractivity contribution in [3.8, 4) is 5.75 Å². The Bertz CT molecular complexity index is 434. The average Bonchev–Trinajstić information content (AvgIpc) is 2.55. The number of nitrogens with zero attached hydrogens (tertiary/aromatic N) is 1. The van der Waals surface area contributed by atoms with Crippen molar-refractivity contribution >= 4 is 5.84 Å². The third-order valence-corrected chi connectivity index (χ3v) is 3.78. The van der Waals surface area contributed by atoms with Crippen LogP contribution in [0.15, 0.2) is 29.4 Å². The summed E-state index contributed by atoms with van der Waals surface area (Å²) in [5.41, 5.74) is 5.90. The largest absolute Gasteiger partial charge is 0.492 e. The van der Waals surface area contributed by atoms with Crippen molar-refractivity contribution in [2.24, 2.45) is 10.9 Å². The van der Waals surface area contributed by atoms with E-state index in [0.717, 1.165) is 12.8 Å². The number of hydrogen-bond acceptors (Lipinski definition) is 5. The van der Waals surface area contributed by atoms with Crippen LogP contribution in [0, 0.1) is 0 Å². The number of oxime groups is 1. The molecular formula is C15H25N3O3. The molecule has 1 rings (SSSR count). The summed E-state index contributed by atoms with van der Waals surface area (Å²) in [6.45, 7) is 5.39. The molecule has 0 unspecified atom stereocenters. The van der Waals surface area contributed by atoms with Gasteiger partial charge in [-0.3, -0.25) is 0 Å². The van der Waals surface area contributed by atoms with Gasteiger partial charge in [0.1, 0.15) is 12.4 Å². The van der Waals surface area contributed by atoms with Gasteiger partial charge in [0.05, 0.1) is 6.61 Å². The minimum atomic E-state index is -0.223. The highest BCUT2D eigenvalue weighted by atomic mass is 16.5. The van der Waals surface area contributed by atoms with Gasteiger partial charge in [0.15, 0.2) is 5.84 Å². The monoisotopic (exact) mass is 295 g/mol. The normalized spacial score (nSPS) is 12.4. The van der Waals surface area contributed by atoms with Crippen LogP contribution in [0.1, 0.15) is 32.3 Å². The summed E-state index contributed by atoms with van der Waals surface area (Å²) >= 11 is 0. The predicted molar refractivity (Wildman–Crippen MR) is 82.8 cm³/mol. The predicted octanol–water partition coefficient (Wildman–Crippen LogP) is 1.30. The van der Waals surface area contributed by atoms with Crippen molar-refractivity contribution in [3.05, 3.63) is 29.8 Å². The molecule has 0 aromatic heterocycles. The molecule has 0 aliphatic heterocycles. The maximum atomic E-state index is 9.45. The summed E-state index contributed by atoms with van der Waals surface area (Å²) in [6, 6.07) is 7.00. The van der Waals surface area contributed by atoms with E-state index in [1.165, 1.54) is 0 Å². The Morgan fingerprint density at radius 1 is 1.29 bits per heavy atom. The van der Waals surface area contributed by atoms with E-state index >= 15 is 0 Å². The molecule has 6 nitrogen and oxygen atoms in total. The van der Waals surface area contributed by atoms with Gasteiger partial charge < -0.3 is 26.1 Å². The molecule has 0 bridgehead atoms. The quantitative estimate of drug-likeness (QED) is 0.181. The molecule has 0 amide bonds. The van der Waals surface area contributed by atoms with E-state index in [1.807, 2.05) is 0 Å². The molecular weight excluding hydrogens is 270 g/mol. The topological polar surface area (TPSA) is 100 Å². The summed E-state index contributed by atoms with van der Waals surface area (Å²) in [7, 11) is 0. The number of nitrogens with one attached hydrogen (secondary N) is 1. The minimum Gasteiger partial charge on any atom is -0.492 e. The fraction of sp³-hybridized carbons (Fsp3) is 0.533. The Morgan fingerprint density at radius 2 is 1.90 bits per heavy atom. The van der Waals surface area contributed by atoms with Gasteiger partial charge in [-0.05, 0) is 37.1 Å². The zero-order valence-corrected chi connectivity index (χ0v) is 12.7. The lowest BCUT2D eigenvalue weighted by atomic mass is 9.94. The van der Waals surface area contributed by atoms with Crippen LogP contribution in [-0.4, -0.2) is 41.4 Å². The third-order valence-electron chi connectivity index (χ3n) is 3.78. The molecule has 1 aromatic carbocycles. The Balaban J connectivity index is 2.43. The summed E-state index contributed by atoms with van der Waals surface area (Å²) < 4.78 is 5.62. The van der Waals surface area contributed by atoms with E-state index in [4.69, 9.17) is 15.7 Å². The molecule has 0 saturated heterocycles. The van der Waals surface area contributed by atoms with E-state index in [9.17, 15) is 5.11 Å². The second kappa shape index (κ2) is 8.49. The molecule has 0 aliphatic rings. The van der Waals surface area contributed by atoms with Crippen molar-refractivity contribution in [2.45, 2.75) is 32.2 Å². The van der Waals surface area contributed by atoms with Gasteiger partial charge in [-0.1, -0.05) is 19.0 Å². The lowest BCUT2D eigenvalue weighted by Crippen LogP contribution is -2.48. The van der Waals surface area contributed by atoms with E-state index in [2.05, 4.69) is 24.3 Å². The van der Waals surface area contributed by atoms with Gasteiger partial charge in [-0.2, -0.15) is 0 Å². The van der Waals surface area contributed by atoms with Crippen molar-refractivity contribution in [3.63, 3.8) is 0 Å². The number of amidine groups is 1. The average molecular weight is 295 g/mol. The maximum Gasteiger partial charge on any atom is 0.170 e. The standard InChI is InChI=1S/C15H25N3O3/c1-3-15(4-2,11-19)17-9-10-21-13-7-5-12(6-8-13)14(16)18-20/h5-8,17,19-20H,3-4,9-11H2,1-2H3,(H2,16,18). The van der Waals surface area contributed by atoms with Crippen molar-refractivity contribution < 1.29 is 15.1 Å². The maximum absolute atomic E-state index is 9.45.